The predicted molar refractivity (Wildman–Crippen MR) is 150 cm³/mol. The molecule has 0 unspecified atom stereocenters. The van der Waals surface area contributed by atoms with Gasteiger partial charge in [0.2, 0.25) is 0 Å². The normalized spacial score (nSPS) is 10.5. The Kier molecular flexibility index (Phi) is 6.70. The minimum absolute atomic E-state index is 0.00273. The molecule has 44 heavy (non-hydrogen) atoms. The second kappa shape index (κ2) is 10.4. The minimum Gasteiger partial charge on any atom is -0.390 e. The highest BCUT2D eigenvalue weighted by Gasteiger charge is 2.23. The zero-order valence-corrected chi connectivity index (χ0v) is 21.7. The lowest BCUT2D eigenvalue weighted by Crippen LogP contribution is -2.36. The van der Waals surface area contributed by atoms with Gasteiger partial charge in [0.05, 0.1) is 38.3 Å². The molecule has 214 valence electrons. The average Bonchev–Trinajstić information content (AvgIpc) is 3.01. The summed E-state index contributed by atoms with van der Waals surface area (Å²) in [4.78, 5) is 12.9. The van der Waals surface area contributed by atoms with Crippen LogP contribution in [0.2, 0.25) is 0 Å². The van der Waals surface area contributed by atoms with E-state index in [1.165, 1.54) is 30.3 Å². The molecule has 0 saturated heterocycles. The van der Waals surface area contributed by atoms with E-state index in [9.17, 15) is 33.3 Å². The van der Waals surface area contributed by atoms with E-state index in [0.717, 1.165) is 0 Å². The molecule has 13 nitrogen and oxygen atoms in total. The van der Waals surface area contributed by atoms with Crippen molar-refractivity contribution >= 4 is 67.2 Å². The number of nitrogens with two attached hydrogens (primary N) is 4. The summed E-state index contributed by atoms with van der Waals surface area (Å²) in [5.74, 6) is -8.48. The number of pyridine rings is 3. The van der Waals surface area contributed by atoms with Gasteiger partial charge < -0.3 is 22.9 Å². The number of nitrogens with one attached hydrogen (secondary N) is 2. The van der Waals surface area contributed by atoms with E-state index >= 15 is 0 Å². The molecule has 0 bridgehead atoms. The van der Waals surface area contributed by atoms with Crippen LogP contribution in [-0.4, -0.2) is 15.0 Å². The molecule has 0 amide bonds. The molecule has 0 aliphatic rings. The first-order chi connectivity index (χ1) is 21.0. The second-order valence-corrected chi connectivity index (χ2v) is 8.94. The second-order valence-electron chi connectivity index (χ2n) is 8.94. The molecule has 0 aliphatic carbocycles. The molecule has 17 heteroatoms. The maximum atomic E-state index is 14.8. The Bertz CT molecular complexity index is 2400. The Morgan fingerprint density at radius 1 is 0.636 bits per heavy atom. The van der Waals surface area contributed by atoms with Gasteiger partial charge in [-0.2, -0.15) is 21.0 Å². The van der Waals surface area contributed by atoms with Crippen LogP contribution in [0, 0.1) is 68.6 Å². The molecule has 0 spiro atoms. The molecule has 3 heterocycles. The Hall–Kier alpha value is -7.11. The van der Waals surface area contributed by atoms with Crippen LogP contribution < -0.4 is 44.2 Å². The summed E-state index contributed by atoms with van der Waals surface area (Å²) < 4.78 is 58.9. The van der Waals surface area contributed by atoms with Crippen LogP contribution in [0.1, 0.15) is 11.1 Å². The van der Waals surface area contributed by atoms with Gasteiger partial charge >= 0.3 is 0 Å². The first-order valence-electron chi connectivity index (χ1n) is 11.9. The fourth-order valence-corrected chi connectivity index (χ4v) is 4.44. The van der Waals surface area contributed by atoms with Crippen molar-refractivity contribution in [2.24, 2.45) is 5.73 Å². The minimum atomic E-state index is -2.00. The summed E-state index contributed by atoms with van der Waals surface area (Å²) in [6.45, 7) is 0. The fraction of sp³-hybridized carbons (Fsp3) is 0. The number of fused-ring (bicyclic) bond motifs is 6. The predicted octanol–water partition coefficient (Wildman–Crippen LogP) is 1.22. The Morgan fingerprint density at radius 2 is 1.11 bits per heavy atom. The van der Waals surface area contributed by atoms with E-state index in [4.69, 9.17) is 28.2 Å². The molecule has 3 aromatic heterocycles. The van der Waals surface area contributed by atoms with Crippen LogP contribution in [0.15, 0.2) is 18.2 Å². The van der Waals surface area contributed by atoms with E-state index in [1.54, 1.807) is 0 Å². The van der Waals surface area contributed by atoms with Crippen molar-refractivity contribution in [2.75, 3.05) is 22.6 Å². The number of rotatable bonds is 3. The molecular formula is C27H13F4N13. The number of hydrogen-bond donors (Lipinski definition) is 6. The average molecular weight is 595 g/mol. The molecule has 0 fully saturated rings. The van der Waals surface area contributed by atoms with Crippen LogP contribution in [0.3, 0.4) is 0 Å². The fourth-order valence-electron chi connectivity index (χ4n) is 4.44. The summed E-state index contributed by atoms with van der Waals surface area (Å²) >= 11 is 0. The van der Waals surface area contributed by atoms with Gasteiger partial charge in [0.15, 0.2) is 23.3 Å². The highest BCUT2D eigenvalue weighted by atomic mass is 19.2. The largest absolute Gasteiger partial charge is 0.390 e. The smallest absolute Gasteiger partial charge is 0.172 e. The van der Waals surface area contributed by atoms with E-state index in [1.807, 2.05) is 12.1 Å². The van der Waals surface area contributed by atoms with Gasteiger partial charge in [0.25, 0.3) is 0 Å². The quantitative estimate of drug-likeness (QED) is 0.0742. The van der Waals surface area contributed by atoms with Crippen molar-refractivity contribution in [1.29, 1.82) is 21.0 Å². The summed E-state index contributed by atoms with van der Waals surface area (Å²) in [7, 11) is 0. The van der Waals surface area contributed by atoms with Gasteiger partial charge in [-0.15, -0.1) is 0 Å². The van der Waals surface area contributed by atoms with Crippen LogP contribution in [0.25, 0.3) is 44.1 Å². The number of anilines is 4. The molecule has 5 rings (SSSR count). The van der Waals surface area contributed by atoms with Crippen molar-refractivity contribution in [1.82, 2.24) is 20.4 Å². The summed E-state index contributed by atoms with van der Waals surface area (Å²) in [6, 6.07) is 10.6. The lowest BCUT2D eigenvalue weighted by atomic mass is 10.0. The topological polar surface area (TPSA) is 262 Å². The zero-order valence-electron chi connectivity index (χ0n) is 21.7. The molecule has 5 aromatic rings. The SMILES string of the molecule is N#CC(N)=c1c(F)c(F)c(=C(C#N)NNc2cc3c4cc(C#N)c(N)nc4c4nc(N)c(C#N)cc4c3nc2N)c(F)c1F. The van der Waals surface area contributed by atoms with Crippen molar-refractivity contribution < 1.29 is 17.6 Å². The van der Waals surface area contributed by atoms with Crippen molar-refractivity contribution in [3.05, 3.63) is 63.0 Å². The first-order valence-corrected chi connectivity index (χ1v) is 11.9. The van der Waals surface area contributed by atoms with E-state index in [0.29, 0.717) is 0 Å². The summed E-state index contributed by atoms with van der Waals surface area (Å²) in [5.41, 5.74) is 26.1. The van der Waals surface area contributed by atoms with Gasteiger partial charge in [-0.1, -0.05) is 0 Å². The van der Waals surface area contributed by atoms with Crippen molar-refractivity contribution in [3.63, 3.8) is 0 Å². The van der Waals surface area contributed by atoms with E-state index in [-0.39, 0.29) is 67.0 Å². The third-order valence-corrected chi connectivity index (χ3v) is 6.50. The first kappa shape index (κ1) is 28.4. The maximum Gasteiger partial charge on any atom is 0.172 e. The number of nitrogen functional groups attached to an aromatic ring is 3. The van der Waals surface area contributed by atoms with Crippen LogP contribution in [0.5, 0.6) is 0 Å². The van der Waals surface area contributed by atoms with Crippen LogP contribution in [0.4, 0.5) is 40.7 Å². The maximum absolute atomic E-state index is 14.8. The molecule has 0 atom stereocenters. The molecule has 0 saturated carbocycles. The Labute approximate surface area is 242 Å². The van der Waals surface area contributed by atoms with E-state index < -0.39 is 45.1 Å². The van der Waals surface area contributed by atoms with Crippen LogP contribution in [-0.2, 0) is 0 Å². The molecule has 0 aliphatic heterocycles. The Morgan fingerprint density at radius 3 is 1.64 bits per heavy atom. The number of hydrazine groups is 1. The van der Waals surface area contributed by atoms with Gasteiger partial charge in [0, 0.05) is 16.2 Å². The number of halogens is 4. The van der Waals surface area contributed by atoms with Crippen molar-refractivity contribution in [3.8, 4) is 24.3 Å². The summed E-state index contributed by atoms with van der Waals surface area (Å²) in [5, 5.41) is 35.4. The number of aromatic nitrogens is 3. The van der Waals surface area contributed by atoms with Gasteiger partial charge in [-0.3, -0.25) is 10.9 Å². The number of hydrogen-bond acceptors (Lipinski definition) is 13. The highest BCUT2D eigenvalue weighted by molar-refractivity contribution is 6.23. The standard InChI is InChI=1S/C27H13F4N13/c28-18-16(13(36)6-34)19(29)21(31)17(20(18)30)15(7-35)44-43-14-3-11-10-1-8(4-32)25(37)41-23(10)24-12(22(11)40-27(14)39)2-9(5-33)26(38)42-24/h1-3,43-44H,36H2,(H2,37,41)(H2,38,42)(H2,39,40). The Balaban J connectivity index is 1.77. The lowest BCUT2D eigenvalue weighted by Gasteiger charge is -2.15. The lowest BCUT2D eigenvalue weighted by molar-refractivity contribution is 0.433. The molecule has 0 radical (unpaired) electrons. The number of nitriles is 4. The molecular weight excluding hydrogens is 582 g/mol. The number of benzene rings is 2. The third-order valence-electron chi connectivity index (χ3n) is 6.50. The number of nitrogens with zero attached hydrogens (tertiary/aromatic N) is 7. The highest BCUT2D eigenvalue weighted by Crippen LogP contribution is 2.37. The summed E-state index contributed by atoms with van der Waals surface area (Å²) in [6.07, 6.45) is 0. The third kappa shape index (κ3) is 4.18. The zero-order chi connectivity index (χ0) is 32.0. The monoisotopic (exact) mass is 595 g/mol. The van der Waals surface area contributed by atoms with Gasteiger partial charge in [0.1, 0.15) is 58.6 Å². The molecule has 10 N–H and O–H groups in total. The molecule has 2 aromatic carbocycles. The van der Waals surface area contributed by atoms with E-state index in [2.05, 4.69) is 25.8 Å². The van der Waals surface area contributed by atoms with Gasteiger partial charge in [-0.05, 0) is 18.2 Å². The van der Waals surface area contributed by atoms with Crippen molar-refractivity contribution in [2.45, 2.75) is 0 Å². The van der Waals surface area contributed by atoms with Gasteiger partial charge in [-0.25, -0.2) is 32.5 Å². The van der Waals surface area contributed by atoms with Crippen LogP contribution >= 0.6 is 0 Å².